The number of fused-ring (bicyclic) bond motifs is 1. The van der Waals surface area contributed by atoms with Crippen LogP contribution in [-0.2, 0) is 0 Å². The highest BCUT2D eigenvalue weighted by Crippen LogP contribution is 2.39. The third kappa shape index (κ3) is 2.46. The third-order valence-electron chi connectivity index (χ3n) is 5.90. The lowest BCUT2D eigenvalue weighted by molar-refractivity contribution is 0.00865. The van der Waals surface area contributed by atoms with Crippen LogP contribution in [0.1, 0.15) is 64.2 Å². The Morgan fingerprint density at radius 3 is 2.33 bits per heavy atom. The summed E-state index contributed by atoms with van der Waals surface area (Å²) in [4.78, 5) is 2.86. The van der Waals surface area contributed by atoms with Gasteiger partial charge in [-0.05, 0) is 56.9 Å². The molecule has 2 aliphatic carbocycles. The number of piperidine rings is 1. The molecule has 3 atom stereocenters. The predicted molar refractivity (Wildman–Crippen MR) is 76.5 cm³/mol. The number of nitrogens with two attached hydrogens (primary N) is 1. The SMILES string of the molecule is NCC(C1CCCC1)N1CCC[C@H]2CCCC[C@H]21. The second-order valence-corrected chi connectivity index (χ2v) is 6.84. The molecule has 1 saturated heterocycles. The lowest BCUT2D eigenvalue weighted by Crippen LogP contribution is -2.55. The van der Waals surface area contributed by atoms with Crippen LogP contribution in [0.25, 0.3) is 0 Å². The molecule has 0 aromatic carbocycles. The van der Waals surface area contributed by atoms with E-state index in [-0.39, 0.29) is 0 Å². The minimum absolute atomic E-state index is 0.707. The fourth-order valence-corrected chi connectivity index (χ4v) is 5.02. The van der Waals surface area contributed by atoms with Crippen molar-refractivity contribution in [3.05, 3.63) is 0 Å². The van der Waals surface area contributed by atoms with E-state index in [1.807, 2.05) is 0 Å². The van der Waals surface area contributed by atoms with Crippen LogP contribution in [0.3, 0.4) is 0 Å². The zero-order valence-corrected chi connectivity index (χ0v) is 11.8. The minimum Gasteiger partial charge on any atom is -0.329 e. The van der Waals surface area contributed by atoms with Gasteiger partial charge >= 0.3 is 0 Å². The van der Waals surface area contributed by atoms with Gasteiger partial charge in [0.15, 0.2) is 0 Å². The van der Waals surface area contributed by atoms with Gasteiger partial charge in [-0.25, -0.2) is 0 Å². The fourth-order valence-electron chi connectivity index (χ4n) is 5.02. The molecule has 0 amide bonds. The molecule has 3 fully saturated rings. The quantitative estimate of drug-likeness (QED) is 0.833. The first-order valence-electron chi connectivity index (χ1n) is 8.36. The van der Waals surface area contributed by atoms with Gasteiger partial charge in [0.2, 0.25) is 0 Å². The molecule has 18 heavy (non-hydrogen) atoms. The van der Waals surface area contributed by atoms with Crippen molar-refractivity contribution < 1.29 is 0 Å². The predicted octanol–water partition coefficient (Wildman–Crippen LogP) is 3.16. The molecule has 1 heterocycles. The summed E-state index contributed by atoms with van der Waals surface area (Å²) < 4.78 is 0. The molecule has 0 aromatic rings. The summed E-state index contributed by atoms with van der Waals surface area (Å²) in [5.74, 6) is 1.92. The molecule has 2 nitrogen and oxygen atoms in total. The first-order chi connectivity index (χ1) is 8.90. The molecule has 1 unspecified atom stereocenters. The van der Waals surface area contributed by atoms with Gasteiger partial charge in [0.05, 0.1) is 0 Å². The van der Waals surface area contributed by atoms with Crippen LogP contribution in [0, 0.1) is 11.8 Å². The van der Waals surface area contributed by atoms with Crippen molar-refractivity contribution in [2.75, 3.05) is 13.1 Å². The second-order valence-electron chi connectivity index (χ2n) is 6.84. The van der Waals surface area contributed by atoms with Crippen LogP contribution in [0.4, 0.5) is 0 Å². The first-order valence-corrected chi connectivity index (χ1v) is 8.36. The van der Waals surface area contributed by atoms with Crippen molar-refractivity contribution in [1.82, 2.24) is 4.90 Å². The molecule has 0 aromatic heterocycles. The van der Waals surface area contributed by atoms with Gasteiger partial charge < -0.3 is 5.73 Å². The zero-order chi connectivity index (χ0) is 12.4. The molecule has 1 aliphatic heterocycles. The average Bonchev–Trinajstić information content (AvgIpc) is 2.94. The average molecular weight is 250 g/mol. The van der Waals surface area contributed by atoms with Gasteiger partial charge in [-0.3, -0.25) is 4.90 Å². The summed E-state index contributed by atoms with van der Waals surface area (Å²) in [5, 5.41) is 0. The van der Waals surface area contributed by atoms with Gasteiger partial charge in [-0.1, -0.05) is 25.7 Å². The molecule has 2 N–H and O–H groups in total. The Morgan fingerprint density at radius 1 is 0.889 bits per heavy atom. The second kappa shape index (κ2) is 5.92. The van der Waals surface area contributed by atoms with E-state index < -0.39 is 0 Å². The molecular formula is C16H30N2. The third-order valence-corrected chi connectivity index (χ3v) is 5.90. The molecule has 2 heteroatoms. The largest absolute Gasteiger partial charge is 0.329 e. The molecule has 104 valence electrons. The summed E-state index contributed by atoms with van der Waals surface area (Å²) in [7, 11) is 0. The number of likely N-dealkylation sites (tertiary alicyclic amines) is 1. The fraction of sp³-hybridized carbons (Fsp3) is 1.00. The van der Waals surface area contributed by atoms with Crippen LogP contribution in [0.5, 0.6) is 0 Å². The van der Waals surface area contributed by atoms with Gasteiger partial charge in [0.25, 0.3) is 0 Å². The molecule has 3 aliphatic rings. The van der Waals surface area contributed by atoms with Crippen LogP contribution in [-0.4, -0.2) is 30.1 Å². The first kappa shape index (κ1) is 12.9. The van der Waals surface area contributed by atoms with Gasteiger partial charge in [-0.15, -0.1) is 0 Å². The number of hydrogen-bond donors (Lipinski definition) is 1. The monoisotopic (exact) mass is 250 g/mol. The van der Waals surface area contributed by atoms with Crippen molar-refractivity contribution in [3.63, 3.8) is 0 Å². The smallest absolute Gasteiger partial charge is 0.0249 e. The number of nitrogens with zero attached hydrogens (tertiary/aromatic N) is 1. The molecule has 3 rings (SSSR count). The van der Waals surface area contributed by atoms with Crippen LogP contribution in [0.15, 0.2) is 0 Å². The lowest BCUT2D eigenvalue weighted by Gasteiger charge is -2.49. The van der Waals surface area contributed by atoms with Crippen LogP contribution >= 0.6 is 0 Å². The highest BCUT2D eigenvalue weighted by molar-refractivity contribution is 4.93. The van der Waals surface area contributed by atoms with Crippen LogP contribution in [0.2, 0.25) is 0 Å². The highest BCUT2D eigenvalue weighted by Gasteiger charge is 2.39. The molecule has 2 saturated carbocycles. The summed E-state index contributed by atoms with van der Waals surface area (Å²) in [6.07, 6.45) is 14.6. The van der Waals surface area contributed by atoms with E-state index in [4.69, 9.17) is 5.73 Å². The van der Waals surface area contributed by atoms with Crippen molar-refractivity contribution in [2.24, 2.45) is 17.6 Å². The van der Waals surface area contributed by atoms with Crippen molar-refractivity contribution in [3.8, 4) is 0 Å². The number of rotatable bonds is 3. The maximum atomic E-state index is 6.16. The maximum absolute atomic E-state index is 6.16. The van der Waals surface area contributed by atoms with E-state index in [0.29, 0.717) is 6.04 Å². The van der Waals surface area contributed by atoms with E-state index in [2.05, 4.69) is 4.90 Å². The summed E-state index contributed by atoms with van der Waals surface area (Å²) in [6.45, 7) is 2.23. The van der Waals surface area contributed by atoms with Crippen molar-refractivity contribution in [1.29, 1.82) is 0 Å². The van der Waals surface area contributed by atoms with Gasteiger partial charge in [0.1, 0.15) is 0 Å². The van der Waals surface area contributed by atoms with E-state index in [1.165, 1.54) is 70.8 Å². The van der Waals surface area contributed by atoms with E-state index in [9.17, 15) is 0 Å². The van der Waals surface area contributed by atoms with E-state index >= 15 is 0 Å². The van der Waals surface area contributed by atoms with E-state index in [0.717, 1.165) is 24.4 Å². The van der Waals surface area contributed by atoms with Gasteiger partial charge in [0, 0.05) is 18.6 Å². The number of hydrogen-bond acceptors (Lipinski definition) is 2. The van der Waals surface area contributed by atoms with Crippen molar-refractivity contribution in [2.45, 2.75) is 76.3 Å². The maximum Gasteiger partial charge on any atom is 0.0249 e. The Bertz CT molecular complexity index is 258. The Kier molecular flexibility index (Phi) is 4.25. The van der Waals surface area contributed by atoms with E-state index in [1.54, 1.807) is 0 Å². The minimum atomic E-state index is 0.707. The lowest BCUT2D eigenvalue weighted by atomic mass is 9.77. The molecule has 0 bridgehead atoms. The topological polar surface area (TPSA) is 29.3 Å². The zero-order valence-electron chi connectivity index (χ0n) is 11.8. The molecule has 0 radical (unpaired) electrons. The van der Waals surface area contributed by atoms with Gasteiger partial charge in [-0.2, -0.15) is 0 Å². The summed E-state index contributed by atoms with van der Waals surface area (Å²) >= 11 is 0. The Balaban J connectivity index is 1.71. The van der Waals surface area contributed by atoms with Crippen molar-refractivity contribution >= 4 is 0 Å². The van der Waals surface area contributed by atoms with Crippen LogP contribution < -0.4 is 5.73 Å². The normalized spacial score (nSPS) is 36.5. The standard InChI is InChI=1S/C16H30N2/c17-12-16(14-7-1-2-8-14)18-11-5-9-13-6-3-4-10-15(13)18/h13-16H,1-12,17H2/t13-,15-,16?/m1/s1. The summed E-state index contributed by atoms with van der Waals surface area (Å²) in [6, 6.07) is 1.60. The molecular weight excluding hydrogens is 220 g/mol. The molecule has 0 spiro atoms. The Morgan fingerprint density at radius 2 is 1.56 bits per heavy atom. The summed E-state index contributed by atoms with van der Waals surface area (Å²) in [5.41, 5.74) is 6.16. The Hall–Kier alpha value is -0.0800. The highest BCUT2D eigenvalue weighted by atomic mass is 15.2. The Labute approximate surface area is 112 Å².